The lowest BCUT2D eigenvalue weighted by Gasteiger charge is -2.33. The van der Waals surface area contributed by atoms with E-state index in [1.165, 1.54) is 6.42 Å². The molecule has 1 heterocycles. The molecule has 6 heteroatoms. The quantitative estimate of drug-likeness (QED) is 0.811. The van der Waals surface area contributed by atoms with Crippen LogP contribution in [0.3, 0.4) is 0 Å². The molecule has 1 saturated carbocycles. The summed E-state index contributed by atoms with van der Waals surface area (Å²) in [5.74, 6) is 0.283. The predicted molar refractivity (Wildman–Crippen MR) is 78.5 cm³/mol. The van der Waals surface area contributed by atoms with Crippen molar-refractivity contribution in [3.63, 3.8) is 0 Å². The van der Waals surface area contributed by atoms with Gasteiger partial charge in [-0.3, -0.25) is 0 Å². The predicted octanol–water partition coefficient (Wildman–Crippen LogP) is 2.49. The maximum atomic E-state index is 12.3. The smallest absolute Gasteiger partial charge is 0.202 e. The van der Waals surface area contributed by atoms with E-state index in [0.717, 1.165) is 38.5 Å². The Labute approximate surface area is 122 Å². The van der Waals surface area contributed by atoms with Crippen molar-refractivity contribution in [1.29, 1.82) is 0 Å². The molecule has 0 amide bonds. The Hall–Kier alpha value is 0.160. The maximum Gasteiger partial charge on any atom is 0.279 e. The van der Waals surface area contributed by atoms with Crippen molar-refractivity contribution in [3.05, 3.63) is 0 Å². The minimum Gasteiger partial charge on any atom is -0.202 e. The van der Waals surface area contributed by atoms with E-state index in [1.807, 2.05) is 6.92 Å². The number of rotatable bonds is 4. The van der Waals surface area contributed by atoms with Crippen molar-refractivity contribution in [3.8, 4) is 0 Å². The number of hydrogen-bond donors (Lipinski definition) is 1. The number of nitrogens with zero attached hydrogens (tertiary/aromatic N) is 1. The summed E-state index contributed by atoms with van der Waals surface area (Å²) in [4.78, 5) is 0. The second-order valence-electron chi connectivity index (χ2n) is 5.87. The highest BCUT2D eigenvalue weighted by Gasteiger charge is 2.31. The summed E-state index contributed by atoms with van der Waals surface area (Å²) < 4.78 is 29.0. The van der Waals surface area contributed by atoms with Crippen LogP contribution in [0.4, 0.5) is 0 Å². The van der Waals surface area contributed by atoms with Crippen LogP contribution in [0, 0.1) is 5.92 Å². The Morgan fingerprint density at radius 2 is 1.84 bits per heavy atom. The third kappa shape index (κ3) is 4.06. The Balaban J connectivity index is 1.89. The van der Waals surface area contributed by atoms with Gasteiger partial charge in [0.25, 0.3) is 10.2 Å². The normalized spacial score (nSPS) is 34.3. The summed E-state index contributed by atoms with van der Waals surface area (Å²) >= 11 is 6.28. The highest BCUT2D eigenvalue weighted by atomic mass is 35.5. The lowest BCUT2D eigenvalue weighted by atomic mass is 9.89. The maximum absolute atomic E-state index is 12.3. The Morgan fingerprint density at radius 3 is 2.53 bits per heavy atom. The van der Waals surface area contributed by atoms with Crippen LogP contribution in [0.2, 0.25) is 0 Å². The van der Waals surface area contributed by atoms with Crippen LogP contribution >= 0.6 is 11.6 Å². The largest absolute Gasteiger partial charge is 0.279 e. The van der Waals surface area contributed by atoms with Gasteiger partial charge in [0.1, 0.15) is 0 Å². The van der Waals surface area contributed by atoms with Gasteiger partial charge in [-0.05, 0) is 38.5 Å². The fourth-order valence-corrected chi connectivity index (χ4v) is 5.03. The first-order valence-corrected chi connectivity index (χ1v) is 9.29. The molecule has 112 valence electrons. The molecule has 0 aromatic heterocycles. The number of halogens is 1. The molecule has 0 aromatic rings. The average molecular weight is 309 g/mol. The molecule has 3 atom stereocenters. The van der Waals surface area contributed by atoms with E-state index >= 15 is 0 Å². The van der Waals surface area contributed by atoms with E-state index in [2.05, 4.69) is 4.72 Å². The van der Waals surface area contributed by atoms with Crippen LogP contribution in [0.15, 0.2) is 0 Å². The summed E-state index contributed by atoms with van der Waals surface area (Å²) in [7, 11) is -3.33. The summed E-state index contributed by atoms with van der Waals surface area (Å²) in [6.45, 7) is 3.12. The molecular formula is C13H25ClN2O2S. The third-order valence-corrected chi connectivity index (χ3v) is 6.66. The van der Waals surface area contributed by atoms with E-state index in [4.69, 9.17) is 11.6 Å². The summed E-state index contributed by atoms with van der Waals surface area (Å²) in [6.07, 6.45) is 7.42. The number of hydrogen-bond acceptors (Lipinski definition) is 2. The second-order valence-corrected chi connectivity index (χ2v) is 8.14. The van der Waals surface area contributed by atoms with Crippen LogP contribution in [-0.4, -0.2) is 37.2 Å². The van der Waals surface area contributed by atoms with Gasteiger partial charge in [0.2, 0.25) is 0 Å². The molecule has 0 aromatic carbocycles. The lowest BCUT2D eigenvalue weighted by Crippen LogP contribution is -2.49. The van der Waals surface area contributed by atoms with Crippen molar-refractivity contribution in [1.82, 2.24) is 9.03 Å². The molecule has 2 fully saturated rings. The van der Waals surface area contributed by atoms with Gasteiger partial charge in [0.05, 0.1) is 0 Å². The van der Waals surface area contributed by atoms with Gasteiger partial charge in [-0.25, -0.2) is 4.72 Å². The van der Waals surface area contributed by atoms with Crippen LogP contribution in [0.5, 0.6) is 0 Å². The van der Waals surface area contributed by atoms with E-state index in [1.54, 1.807) is 4.31 Å². The molecule has 19 heavy (non-hydrogen) atoms. The molecule has 0 bridgehead atoms. The molecule has 0 radical (unpaired) electrons. The summed E-state index contributed by atoms with van der Waals surface area (Å²) in [5, 5.41) is 0.121. The molecule has 2 rings (SSSR count). The van der Waals surface area contributed by atoms with Crippen LogP contribution in [0.25, 0.3) is 0 Å². The van der Waals surface area contributed by atoms with Crippen LogP contribution in [-0.2, 0) is 10.2 Å². The zero-order valence-corrected chi connectivity index (χ0v) is 13.2. The molecule has 1 saturated heterocycles. The number of piperidine rings is 1. The first-order chi connectivity index (χ1) is 9.00. The van der Waals surface area contributed by atoms with Crippen molar-refractivity contribution in [2.75, 3.05) is 13.1 Å². The summed E-state index contributed by atoms with van der Waals surface area (Å²) in [6, 6.07) is 0.115. The molecule has 3 unspecified atom stereocenters. The van der Waals surface area contributed by atoms with Gasteiger partial charge in [-0.2, -0.15) is 12.7 Å². The van der Waals surface area contributed by atoms with Crippen molar-refractivity contribution >= 4 is 21.8 Å². The first-order valence-electron chi connectivity index (χ1n) is 7.41. The topological polar surface area (TPSA) is 49.4 Å². The minimum absolute atomic E-state index is 0.115. The van der Waals surface area contributed by atoms with Gasteiger partial charge in [0.15, 0.2) is 0 Å². The molecular weight excluding hydrogens is 284 g/mol. The molecule has 4 nitrogen and oxygen atoms in total. The van der Waals surface area contributed by atoms with Gasteiger partial charge in [-0.15, -0.1) is 11.6 Å². The number of nitrogens with one attached hydrogen (secondary N) is 1. The number of alkyl halides is 1. The molecule has 0 spiro atoms. The zero-order valence-electron chi connectivity index (χ0n) is 11.6. The minimum atomic E-state index is -3.33. The summed E-state index contributed by atoms with van der Waals surface area (Å²) in [5.41, 5.74) is 0. The molecule has 2 aliphatic rings. The third-order valence-electron chi connectivity index (χ3n) is 4.39. The van der Waals surface area contributed by atoms with Gasteiger partial charge < -0.3 is 0 Å². The Bertz CT molecular complexity index is 388. The molecule has 1 aliphatic heterocycles. The van der Waals surface area contributed by atoms with E-state index < -0.39 is 10.2 Å². The monoisotopic (exact) mass is 308 g/mol. The lowest BCUT2D eigenvalue weighted by molar-refractivity contribution is 0.263. The standard InChI is InChI=1S/C13H25ClN2O2S/c1-11-6-4-5-9-16(11)19(17,18)15-10-12-7-2-3-8-13(12)14/h11-13,15H,2-10H2,1H3. The van der Waals surface area contributed by atoms with Crippen LogP contribution < -0.4 is 4.72 Å². The molecule has 1 N–H and O–H groups in total. The Morgan fingerprint density at radius 1 is 1.16 bits per heavy atom. The van der Waals surface area contributed by atoms with Crippen molar-refractivity contribution in [2.45, 2.75) is 63.3 Å². The average Bonchev–Trinajstić information content (AvgIpc) is 2.38. The van der Waals surface area contributed by atoms with Crippen molar-refractivity contribution in [2.24, 2.45) is 5.92 Å². The zero-order chi connectivity index (χ0) is 13.9. The molecule has 1 aliphatic carbocycles. The van der Waals surface area contributed by atoms with Crippen molar-refractivity contribution < 1.29 is 8.42 Å². The van der Waals surface area contributed by atoms with E-state index in [-0.39, 0.29) is 17.3 Å². The fraction of sp³-hybridized carbons (Fsp3) is 1.00. The first kappa shape index (κ1) is 15.5. The Kier molecular flexibility index (Phi) is 5.52. The second kappa shape index (κ2) is 6.74. The van der Waals surface area contributed by atoms with Gasteiger partial charge >= 0.3 is 0 Å². The van der Waals surface area contributed by atoms with E-state index in [0.29, 0.717) is 13.1 Å². The fourth-order valence-electron chi connectivity index (χ4n) is 3.12. The van der Waals surface area contributed by atoms with E-state index in [9.17, 15) is 8.42 Å². The van der Waals surface area contributed by atoms with Gasteiger partial charge in [-0.1, -0.05) is 19.3 Å². The highest BCUT2D eigenvalue weighted by Crippen LogP contribution is 2.28. The van der Waals surface area contributed by atoms with Crippen LogP contribution in [0.1, 0.15) is 51.9 Å². The van der Waals surface area contributed by atoms with Gasteiger partial charge in [0, 0.05) is 24.5 Å². The SMILES string of the molecule is CC1CCCCN1S(=O)(=O)NCC1CCCCC1Cl. The highest BCUT2D eigenvalue weighted by molar-refractivity contribution is 7.87.